The Labute approximate surface area is 125 Å². The van der Waals surface area contributed by atoms with Crippen molar-refractivity contribution in [2.45, 2.75) is 24.0 Å². The SMILES string of the molecule is Cc1ccccc1SCc1ccc(C#CCCO)cc1. The van der Waals surface area contributed by atoms with Crippen molar-refractivity contribution in [2.24, 2.45) is 0 Å². The smallest absolute Gasteiger partial charge is 0.0540 e. The first-order valence-electron chi connectivity index (χ1n) is 6.66. The lowest BCUT2D eigenvalue weighted by atomic mass is 10.1. The van der Waals surface area contributed by atoms with Gasteiger partial charge in [-0.3, -0.25) is 0 Å². The number of benzene rings is 2. The van der Waals surface area contributed by atoms with Gasteiger partial charge in [0, 0.05) is 22.6 Å². The summed E-state index contributed by atoms with van der Waals surface area (Å²) in [6, 6.07) is 16.8. The number of rotatable bonds is 4. The van der Waals surface area contributed by atoms with Crippen molar-refractivity contribution in [2.75, 3.05) is 6.61 Å². The Morgan fingerprint density at radius 3 is 2.50 bits per heavy atom. The number of hydrogen-bond donors (Lipinski definition) is 1. The molecular weight excluding hydrogens is 264 g/mol. The monoisotopic (exact) mass is 282 g/mol. The van der Waals surface area contributed by atoms with Gasteiger partial charge in [-0.05, 0) is 36.2 Å². The molecular formula is C18H18OS. The summed E-state index contributed by atoms with van der Waals surface area (Å²) in [5.74, 6) is 6.94. The quantitative estimate of drug-likeness (QED) is 0.675. The molecule has 0 spiro atoms. The summed E-state index contributed by atoms with van der Waals surface area (Å²) in [7, 11) is 0. The van der Waals surface area contributed by atoms with Gasteiger partial charge in [-0.15, -0.1) is 11.8 Å². The van der Waals surface area contributed by atoms with Gasteiger partial charge in [0.15, 0.2) is 0 Å². The van der Waals surface area contributed by atoms with E-state index in [-0.39, 0.29) is 6.61 Å². The van der Waals surface area contributed by atoms with E-state index in [2.05, 4.69) is 55.2 Å². The Kier molecular flexibility index (Phi) is 5.73. The van der Waals surface area contributed by atoms with Crippen LogP contribution in [0, 0.1) is 18.8 Å². The van der Waals surface area contributed by atoms with Crippen LogP contribution in [0.1, 0.15) is 23.1 Å². The van der Waals surface area contributed by atoms with Gasteiger partial charge < -0.3 is 5.11 Å². The van der Waals surface area contributed by atoms with Crippen LogP contribution >= 0.6 is 11.8 Å². The topological polar surface area (TPSA) is 20.2 Å². The van der Waals surface area contributed by atoms with Crippen LogP contribution in [-0.2, 0) is 5.75 Å². The van der Waals surface area contributed by atoms with E-state index in [1.54, 1.807) is 0 Å². The van der Waals surface area contributed by atoms with Gasteiger partial charge in [0.25, 0.3) is 0 Å². The zero-order valence-corrected chi connectivity index (χ0v) is 12.4. The van der Waals surface area contributed by atoms with Crippen LogP contribution in [-0.4, -0.2) is 11.7 Å². The molecule has 0 unspecified atom stereocenters. The first-order chi connectivity index (χ1) is 9.79. The fraction of sp³-hybridized carbons (Fsp3) is 0.222. The molecule has 20 heavy (non-hydrogen) atoms. The van der Waals surface area contributed by atoms with E-state index in [9.17, 15) is 0 Å². The summed E-state index contributed by atoms with van der Waals surface area (Å²) in [6.07, 6.45) is 0.533. The third kappa shape index (κ3) is 4.45. The predicted molar refractivity (Wildman–Crippen MR) is 85.8 cm³/mol. The van der Waals surface area contributed by atoms with Gasteiger partial charge in [0.1, 0.15) is 0 Å². The van der Waals surface area contributed by atoms with Crippen molar-refractivity contribution in [1.82, 2.24) is 0 Å². The zero-order valence-electron chi connectivity index (χ0n) is 11.6. The van der Waals surface area contributed by atoms with Crippen molar-refractivity contribution in [3.8, 4) is 11.8 Å². The van der Waals surface area contributed by atoms with E-state index >= 15 is 0 Å². The number of aliphatic hydroxyl groups is 1. The van der Waals surface area contributed by atoms with Crippen LogP contribution in [0.15, 0.2) is 53.4 Å². The second-order valence-electron chi connectivity index (χ2n) is 4.53. The van der Waals surface area contributed by atoms with Crippen LogP contribution in [0.4, 0.5) is 0 Å². The molecule has 0 aromatic heterocycles. The molecule has 2 heteroatoms. The average molecular weight is 282 g/mol. The van der Waals surface area contributed by atoms with Crippen LogP contribution in [0.2, 0.25) is 0 Å². The predicted octanol–water partition coefficient (Wildman–Crippen LogP) is 4.02. The molecule has 0 saturated heterocycles. The molecule has 0 aliphatic carbocycles. The molecule has 0 aliphatic heterocycles. The van der Waals surface area contributed by atoms with E-state index in [0.29, 0.717) is 6.42 Å². The Bertz CT molecular complexity index is 605. The standard InChI is InChI=1S/C18H18OS/c1-15-6-2-3-8-18(15)20-14-17-11-9-16(10-12-17)7-4-5-13-19/h2-3,6,8-12,19H,5,13-14H2,1H3. The highest BCUT2D eigenvalue weighted by atomic mass is 32.2. The maximum Gasteiger partial charge on any atom is 0.0540 e. The fourth-order valence-corrected chi connectivity index (χ4v) is 2.77. The molecule has 0 saturated carbocycles. The average Bonchev–Trinajstić information content (AvgIpc) is 2.48. The lowest BCUT2D eigenvalue weighted by molar-refractivity contribution is 0.305. The second kappa shape index (κ2) is 7.79. The van der Waals surface area contributed by atoms with Crippen molar-refractivity contribution in [3.05, 3.63) is 65.2 Å². The first-order valence-corrected chi connectivity index (χ1v) is 7.65. The highest BCUT2D eigenvalue weighted by Crippen LogP contribution is 2.25. The second-order valence-corrected chi connectivity index (χ2v) is 5.54. The summed E-state index contributed by atoms with van der Waals surface area (Å²) in [5.41, 5.74) is 3.62. The fourth-order valence-electron chi connectivity index (χ4n) is 1.78. The largest absolute Gasteiger partial charge is 0.395 e. The molecule has 0 atom stereocenters. The molecule has 1 nitrogen and oxygen atoms in total. The summed E-state index contributed by atoms with van der Waals surface area (Å²) in [4.78, 5) is 1.33. The molecule has 0 aliphatic rings. The lowest BCUT2D eigenvalue weighted by Gasteiger charge is -2.05. The summed E-state index contributed by atoms with van der Waals surface area (Å²) < 4.78 is 0. The minimum atomic E-state index is 0.123. The minimum absolute atomic E-state index is 0.123. The summed E-state index contributed by atoms with van der Waals surface area (Å²) in [6.45, 7) is 2.26. The number of thioether (sulfide) groups is 1. The molecule has 1 N–H and O–H groups in total. The van der Waals surface area contributed by atoms with E-state index < -0.39 is 0 Å². The molecule has 0 radical (unpaired) electrons. The van der Waals surface area contributed by atoms with Crippen molar-refractivity contribution in [3.63, 3.8) is 0 Å². The van der Waals surface area contributed by atoms with Gasteiger partial charge in [-0.25, -0.2) is 0 Å². The highest BCUT2D eigenvalue weighted by Gasteiger charge is 1.99. The van der Waals surface area contributed by atoms with Crippen molar-refractivity contribution < 1.29 is 5.11 Å². The molecule has 2 aromatic carbocycles. The normalized spacial score (nSPS) is 9.90. The van der Waals surface area contributed by atoms with Crippen LogP contribution in [0.3, 0.4) is 0 Å². The van der Waals surface area contributed by atoms with Gasteiger partial charge in [0.05, 0.1) is 6.61 Å². The van der Waals surface area contributed by atoms with E-state index in [4.69, 9.17) is 5.11 Å². The van der Waals surface area contributed by atoms with Gasteiger partial charge in [-0.2, -0.15) is 0 Å². The van der Waals surface area contributed by atoms with Crippen LogP contribution < -0.4 is 0 Å². The third-order valence-corrected chi connectivity index (χ3v) is 4.16. The Hall–Kier alpha value is -1.69. The molecule has 2 rings (SSSR count). The molecule has 0 bridgehead atoms. The lowest BCUT2D eigenvalue weighted by Crippen LogP contribution is -1.84. The Morgan fingerprint density at radius 2 is 1.80 bits per heavy atom. The Morgan fingerprint density at radius 1 is 1.05 bits per heavy atom. The van der Waals surface area contributed by atoms with Crippen molar-refractivity contribution >= 4 is 11.8 Å². The summed E-state index contributed by atoms with van der Waals surface area (Å²) in [5, 5.41) is 8.68. The molecule has 0 heterocycles. The number of aryl methyl sites for hydroxylation is 1. The molecule has 102 valence electrons. The Balaban J connectivity index is 1.95. The number of hydrogen-bond acceptors (Lipinski definition) is 2. The molecule has 0 amide bonds. The van der Waals surface area contributed by atoms with Crippen LogP contribution in [0.5, 0.6) is 0 Å². The first kappa shape index (κ1) is 14.7. The third-order valence-electron chi connectivity index (χ3n) is 2.91. The number of aliphatic hydroxyl groups excluding tert-OH is 1. The van der Waals surface area contributed by atoms with E-state index in [0.717, 1.165) is 11.3 Å². The van der Waals surface area contributed by atoms with Crippen molar-refractivity contribution in [1.29, 1.82) is 0 Å². The molecule has 0 fully saturated rings. The maximum absolute atomic E-state index is 8.68. The van der Waals surface area contributed by atoms with Gasteiger partial charge >= 0.3 is 0 Å². The van der Waals surface area contributed by atoms with Gasteiger partial charge in [-0.1, -0.05) is 42.2 Å². The minimum Gasteiger partial charge on any atom is -0.395 e. The van der Waals surface area contributed by atoms with Gasteiger partial charge in [0.2, 0.25) is 0 Å². The zero-order chi connectivity index (χ0) is 14.2. The highest BCUT2D eigenvalue weighted by molar-refractivity contribution is 7.98. The summed E-state index contributed by atoms with van der Waals surface area (Å²) >= 11 is 1.86. The maximum atomic E-state index is 8.68. The van der Waals surface area contributed by atoms with Crippen LogP contribution in [0.25, 0.3) is 0 Å². The van der Waals surface area contributed by atoms with E-state index in [1.165, 1.54) is 16.0 Å². The molecule has 2 aromatic rings. The van der Waals surface area contributed by atoms with E-state index in [1.807, 2.05) is 23.9 Å².